The summed E-state index contributed by atoms with van der Waals surface area (Å²) in [6.45, 7) is 0.341. The second-order valence-electron chi connectivity index (χ2n) is 4.79. The number of hydrogen-bond donors (Lipinski definition) is 1. The number of rotatable bonds is 2. The molecule has 1 heterocycles. The fourth-order valence-electron chi connectivity index (χ4n) is 2.55. The molecule has 1 aliphatic rings. The summed E-state index contributed by atoms with van der Waals surface area (Å²) in [7, 11) is 1.44. The summed E-state index contributed by atoms with van der Waals surface area (Å²) < 4.78 is 45.3. The molecule has 1 saturated heterocycles. The van der Waals surface area contributed by atoms with Gasteiger partial charge in [0.15, 0.2) is 0 Å². The number of nitrogen functional groups attached to an aromatic ring is 1. The molecule has 1 aromatic rings. The molecule has 0 bridgehead atoms. The van der Waals surface area contributed by atoms with Crippen molar-refractivity contribution in [3.63, 3.8) is 0 Å². The predicted octanol–water partition coefficient (Wildman–Crippen LogP) is 3.96. The quantitative estimate of drug-likeness (QED) is 0.818. The van der Waals surface area contributed by atoms with E-state index in [1.54, 1.807) is 12.1 Å². The summed E-state index contributed by atoms with van der Waals surface area (Å²) in [5, 5.41) is 0. The van der Waals surface area contributed by atoms with Crippen molar-refractivity contribution in [2.75, 3.05) is 24.3 Å². The minimum absolute atomic E-state index is 0.0950. The number of nitrogens with two attached hydrogens (primary N) is 1. The molecule has 1 fully saturated rings. The molecule has 1 aliphatic heterocycles. The fraction of sp³-hybridized carbons (Fsp3) is 0.538. The molecule has 0 spiro atoms. The molecular weight excluding hydrogens is 337 g/mol. The van der Waals surface area contributed by atoms with Gasteiger partial charge in [0.1, 0.15) is 11.8 Å². The molecule has 1 aromatic carbocycles. The van der Waals surface area contributed by atoms with Crippen LogP contribution in [-0.4, -0.2) is 25.9 Å². The summed E-state index contributed by atoms with van der Waals surface area (Å²) >= 11 is 3.28. The number of ether oxygens (including phenoxy) is 1. The number of hydrogen-bond acceptors (Lipinski definition) is 3. The van der Waals surface area contributed by atoms with E-state index in [0.717, 1.165) is 6.42 Å². The zero-order valence-corrected chi connectivity index (χ0v) is 12.6. The largest absolute Gasteiger partial charge is 0.494 e. The Hall–Kier alpha value is -1.11. The Morgan fingerprint density at radius 1 is 1.35 bits per heavy atom. The average Bonchev–Trinajstić information content (AvgIpc) is 2.40. The second kappa shape index (κ2) is 5.71. The van der Waals surface area contributed by atoms with Gasteiger partial charge in [0.05, 0.1) is 18.5 Å². The molecule has 0 saturated carbocycles. The highest BCUT2D eigenvalue weighted by Crippen LogP contribution is 2.41. The summed E-state index contributed by atoms with van der Waals surface area (Å²) in [6.07, 6.45) is -2.87. The molecule has 2 N–H and O–H groups in total. The smallest absolute Gasteiger partial charge is 0.408 e. The molecule has 0 aliphatic carbocycles. The number of piperidine rings is 1. The molecule has 20 heavy (non-hydrogen) atoms. The Balaban J connectivity index is 2.45. The van der Waals surface area contributed by atoms with Crippen LogP contribution in [0.1, 0.15) is 19.3 Å². The first-order chi connectivity index (χ1) is 9.34. The van der Waals surface area contributed by atoms with Crippen molar-refractivity contribution in [1.82, 2.24) is 0 Å². The van der Waals surface area contributed by atoms with E-state index in [0.29, 0.717) is 28.9 Å². The van der Waals surface area contributed by atoms with Crippen molar-refractivity contribution in [2.45, 2.75) is 31.5 Å². The van der Waals surface area contributed by atoms with Gasteiger partial charge < -0.3 is 15.4 Å². The number of alkyl halides is 3. The van der Waals surface area contributed by atoms with Gasteiger partial charge in [-0.2, -0.15) is 13.2 Å². The number of anilines is 2. The Kier molecular flexibility index (Phi) is 4.36. The lowest BCUT2D eigenvalue weighted by atomic mass is 10.00. The van der Waals surface area contributed by atoms with E-state index >= 15 is 0 Å². The van der Waals surface area contributed by atoms with Crippen molar-refractivity contribution < 1.29 is 17.9 Å². The van der Waals surface area contributed by atoms with Gasteiger partial charge in [-0.1, -0.05) is 15.9 Å². The van der Waals surface area contributed by atoms with Gasteiger partial charge in [-0.05, 0) is 31.4 Å². The minimum atomic E-state index is -4.26. The molecule has 7 heteroatoms. The molecule has 0 aromatic heterocycles. The van der Waals surface area contributed by atoms with Crippen molar-refractivity contribution in [1.29, 1.82) is 0 Å². The van der Waals surface area contributed by atoms with E-state index in [9.17, 15) is 13.2 Å². The molecule has 112 valence electrons. The Labute approximate surface area is 124 Å². The van der Waals surface area contributed by atoms with Crippen LogP contribution in [0.15, 0.2) is 16.6 Å². The Morgan fingerprint density at radius 3 is 2.65 bits per heavy atom. The molecule has 2 rings (SSSR count). The Bertz CT molecular complexity index is 493. The van der Waals surface area contributed by atoms with E-state index in [-0.39, 0.29) is 12.1 Å². The van der Waals surface area contributed by atoms with Crippen LogP contribution in [0.4, 0.5) is 24.5 Å². The van der Waals surface area contributed by atoms with Crippen molar-refractivity contribution in [2.24, 2.45) is 0 Å². The van der Waals surface area contributed by atoms with Crippen molar-refractivity contribution >= 4 is 27.3 Å². The highest BCUT2D eigenvalue weighted by Gasteiger charge is 2.45. The van der Waals surface area contributed by atoms with Crippen LogP contribution in [0.25, 0.3) is 0 Å². The zero-order valence-electron chi connectivity index (χ0n) is 11.0. The first kappa shape index (κ1) is 15.3. The van der Waals surface area contributed by atoms with E-state index in [4.69, 9.17) is 10.5 Å². The summed E-state index contributed by atoms with van der Waals surface area (Å²) in [5.41, 5.74) is 6.56. The number of halogens is 4. The molecule has 0 amide bonds. The highest BCUT2D eigenvalue weighted by molar-refractivity contribution is 9.10. The second-order valence-corrected chi connectivity index (χ2v) is 5.70. The van der Waals surface area contributed by atoms with E-state index in [2.05, 4.69) is 15.9 Å². The normalized spacial score (nSPS) is 20.1. The van der Waals surface area contributed by atoms with Crippen LogP contribution in [0.2, 0.25) is 0 Å². The van der Waals surface area contributed by atoms with E-state index in [1.807, 2.05) is 0 Å². The molecule has 3 nitrogen and oxygen atoms in total. The standard InChI is InChI=1S/C13H16BrF3N2O/c1-20-10-7-8(14)6-9(12(10)18)19-5-3-2-4-11(19)13(15,16)17/h6-7,11H,2-5,18H2,1H3. The maximum Gasteiger partial charge on any atom is 0.408 e. The topological polar surface area (TPSA) is 38.5 Å². The van der Waals surface area contributed by atoms with Crippen LogP contribution in [-0.2, 0) is 0 Å². The number of benzene rings is 1. The van der Waals surface area contributed by atoms with Gasteiger partial charge in [0.2, 0.25) is 0 Å². The fourth-order valence-corrected chi connectivity index (χ4v) is 2.97. The number of nitrogens with zero attached hydrogens (tertiary/aromatic N) is 1. The lowest BCUT2D eigenvalue weighted by Gasteiger charge is -2.39. The molecule has 1 atom stereocenters. The van der Waals surface area contributed by atoms with Crippen LogP contribution < -0.4 is 15.4 Å². The first-order valence-corrected chi connectivity index (χ1v) is 7.10. The monoisotopic (exact) mass is 352 g/mol. The highest BCUT2D eigenvalue weighted by atomic mass is 79.9. The third kappa shape index (κ3) is 2.97. The lowest BCUT2D eigenvalue weighted by Crippen LogP contribution is -2.49. The van der Waals surface area contributed by atoms with Gasteiger partial charge in [0.25, 0.3) is 0 Å². The zero-order chi connectivity index (χ0) is 14.9. The van der Waals surface area contributed by atoms with E-state index in [1.165, 1.54) is 12.0 Å². The summed E-state index contributed by atoms with van der Waals surface area (Å²) in [4.78, 5) is 1.34. The number of methoxy groups -OCH3 is 1. The van der Waals surface area contributed by atoms with Gasteiger partial charge in [-0.15, -0.1) is 0 Å². The predicted molar refractivity (Wildman–Crippen MR) is 76.1 cm³/mol. The van der Waals surface area contributed by atoms with Gasteiger partial charge in [0, 0.05) is 11.0 Å². The maximum atomic E-state index is 13.2. The molecular formula is C13H16BrF3N2O. The first-order valence-electron chi connectivity index (χ1n) is 6.31. The molecule has 0 radical (unpaired) electrons. The van der Waals surface area contributed by atoms with Crippen molar-refractivity contribution in [3.8, 4) is 5.75 Å². The third-order valence-corrected chi connectivity index (χ3v) is 3.95. The van der Waals surface area contributed by atoms with Crippen LogP contribution in [0.5, 0.6) is 5.75 Å². The maximum absolute atomic E-state index is 13.2. The SMILES string of the molecule is COc1cc(Br)cc(N2CCCCC2C(F)(F)F)c1N. The summed E-state index contributed by atoms with van der Waals surface area (Å²) in [6, 6.07) is 1.77. The van der Waals surface area contributed by atoms with Crippen LogP contribution in [0, 0.1) is 0 Å². The molecule has 1 unspecified atom stereocenters. The van der Waals surface area contributed by atoms with Crippen LogP contribution >= 0.6 is 15.9 Å². The van der Waals surface area contributed by atoms with Gasteiger partial charge in [-0.3, -0.25) is 0 Å². The van der Waals surface area contributed by atoms with E-state index < -0.39 is 12.2 Å². The summed E-state index contributed by atoms with van der Waals surface area (Å²) in [5.74, 6) is 0.376. The lowest BCUT2D eigenvalue weighted by molar-refractivity contribution is -0.152. The minimum Gasteiger partial charge on any atom is -0.494 e. The Morgan fingerprint density at radius 2 is 2.05 bits per heavy atom. The van der Waals surface area contributed by atoms with Crippen LogP contribution in [0.3, 0.4) is 0 Å². The average molecular weight is 353 g/mol. The van der Waals surface area contributed by atoms with Gasteiger partial charge >= 0.3 is 6.18 Å². The third-order valence-electron chi connectivity index (χ3n) is 3.49. The van der Waals surface area contributed by atoms with Gasteiger partial charge in [-0.25, -0.2) is 0 Å². The van der Waals surface area contributed by atoms with Crippen molar-refractivity contribution in [3.05, 3.63) is 16.6 Å².